The number of amides is 2. The van der Waals surface area contributed by atoms with Crippen LogP contribution in [-0.4, -0.2) is 53.2 Å². The first-order valence-corrected chi connectivity index (χ1v) is 10.6. The van der Waals surface area contributed by atoms with Crippen LogP contribution in [0.15, 0.2) is 35.3 Å². The van der Waals surface area contributed by atoms with Crippen LogP contribution in [0, 0.1) is 10.1 Å². The summed E-state index contributed by atoms with van der Waals surface area (Å²) in [5.41, 5.74) is 7.06. The minimum absolute atomic E-state index is 0.0527. The molecule has 0 radical (unpaired) electrons. The lowest BCUT2D eigenvalue weighted by Crippen LogP contribution is -2.51. The third-order valence-electron chi connectivity index (χ3n) is 4.08. The fraction of sp³-hybridized carbons (Fsp3) is 0.524. The molecule has 1 aromatic rings. The number of aliphatic imine (C=N–C) groups is 1. The number of rotatable bonds is 11. The molecule has 0 saturated carbocycles. The van der Waals surface area contributed by atoms with Crippen LogP contribution in [0.1, 0.15) is 46.1 Å². The first-order valence-electron chi connectivity index (χ1n) is 10.6. The van der Waals surface area contributed by atoms with Gasteiger partial charge in [0, 0.05) is 6.54 Å². The SMILES string of the molecule is C[C@H](NC(=O)[C@H](CCCN=C(N)N[N+](=O)[O-])NC(=O)OC(C)(C)C)C(=O)OCc1ccccc1. The maximum Gasteiger partial charge on any atom is 0.408 e. The van der Waals surface area contributed by atoms with Crippen LogP contribution in [0.2, 0.25) is 0 Å². The summed E-state index contributed by atoms with van der Waals surface area (Å²) in [6.45, 7) is 6.59. The predicted octanol–water partition coefficient (Wildman–Crippen LogP) is 1.00. The Kier molecular flexibility index (Phi) is 11.3. The van der Waals surface area contributed by atoms with Gasteiger partial charge in [-0.25, -0.2) is 24.7 Å². The molecule has 0 unspecified atom stereocenters. The normalized spacial score (nSPS) is 13.2. The van der Waals surface area contributed by atoms with Gasteiger partial charge in [-0.1, -0.05) is 35.8 Å². The van der Waals surface area contributed by atoms with E-state index in [1.165, 1.54) is 6.92 Å². The summed E-state index contributed by atoms with van der Waals surface area (Å²) in [6, 6.07) is 7.03. The van der Waals surface area contributed by atoms with Crippen molar-refractivity contribution < 1.29 is 28.9 Å². The fourth-order valence-electron chi connectivity index (χ4n) is 2.57. The lowest BCUT2D eigenvalue weighted by Gasteiger charge is -2.24. The minimum atomic E-state index is -1.06. The smallest absolute Gasteiger partial charge is 0.408 e. The lowest BCUT2D eigenvalue weighted by molar-refractivity contribution is -0.525. The molecule has 0 aliphatic carbocycles. The number of hydrogen-bond donors (Lipinski definition) is 4. The van der Waals surface area contributed by atoms with Gasteiger partial charge in [-0.2, -0.15) is 0 Å². The molecular formula is C21H32N6O7. The Labute approximate surface area is 197 Å². The van der Waals surface area contributed by atoms with Crippen LogP contribution in [0.5, 0.6) is 0 Å². The Balaban J connectivity index is 2.70. The summed E-state index contributed by atoms with van der Waals surface area (Å²) in [6.07, 6.45) is -0.461. The quantitative estimate of drug-likeness (QED) is 0.0894. The number of esters is 1. The highest BCUT2D eigenvalue weighted by Gasteiger charge is 2.27. The summed E-state index contributed by atoms with van der Waals surface area (Å²) in [4.78, 5) is 51.3. The summed E-state index contributed by atoms with van der Waals surface area (Å²) in [7, 11) is 0. The second kappa shape index (κ2) is 13.6. The average molecular weight is 481 g/mol. The number of ether oxygens (including phenoxy) is 2. The lowest BCUT2D eigenvalue weighted by atomic mass is 10.1. The van der Waals surface area contributed by atoms with Crippen molar-refractivity contribution in [1.82, 2.24) is 16.1 Å². The van der Waals surface area contributed by atoms with Crippen LogP contribution in [0.25, 0.3) is 0 Å². The van der Waals surface area contributed by atoms with Gasteiger partial charge >= 0.3 is 12.1 Å². The number of hydrogen-bond acceptors (Lipinski definition) is 8. The van der Waals surface area contributed by atoms with E-state index in [0.29, 0.717) is 0 Å². The molecule has 0 bridgehead atoms. The molecule has 188 valence electrons. The Morgan fingerprint density at radius 3 is 2.41 bits per heavy atom. The van der Waals surface area contributed by atoms with Crippen molar-refractivity contribution in [1.29, 1.82) is 0 Å². The number of hydrazine groups is 1. The van der Waals surface area contributed by atoms with Gasteiger partial charge in [-0.05, 0) is 46.1 Å². The van der Waals surface area contributed by atoms with Crippen molar-refractivity contribution in [3.8, 4) is 0 Å². The van der Waals surface area contributed by atoms with E-state index in [4.69, 9.17) is 15.2 Å². The topological polar surface area (TPSA) is 187 Å². The molecule has 2 amide bonds. The van der Waals surface area contributed by atoms with E-state index in [2.05, 4.69) is 15.6 Å². The molecule has 0 aliphatic rings. The zero-order valence-corrected chi connectivity index (χ0v) is 19.7. The van der Waals surface area contributed by atoms with Crippen LogP contribution < -0.4 is 21.8 Å². The number of nitrogens with zero attached hydrogens (tertiary/aromatic N) is 2. The Morgan fingerprint density at radius 1 is 1.18 bits per heavy atom. The van der Waals surface area contributed by atoms with E-state index in [1.54, 1.807) is 38.3 Å². The van der Waals surface area contributed by atoms with Gasteiger partial charge in [0.1, 0.15) is 24.3 Å². The van der Waals surface area contributed by atoms with Gasteiger partial charge in [0.05, 0.1) is 0 Å². The highest BCUT2D eigenvalue weighted by molar-refractivity contribution is 5.89. The number of guanidine groups is 1. The monoisotopic (exact) mass is 480 g/mol. The molecule has 0 fully saturated rings. The van der Waals surface area contributed by atoms with Crippen molar-refractivity contribution >= 4 is 23.9 Å². The molecular weight excluding hydrogens is 448 g/mol. The molecule has 34 heavy (non-hydrogen) atoms. The first-order chi connectivity index (χ1) is 15.9. The number of nitrogens with two attached hydrogens (primary N) is 1. The van der Waals surface area contributed by atoms with Crippen LogP contribution >= 0.6 is 0 Å². The number of alkyl carbamates (subject to hydrolysis) is 1. The molecule has 0 spiro atoms. The van der Waals surface area contributed by atoms with Crippen molar-refractivity contribution in [2.75, 3.05) is 6.54 Å². The Morgan fingerprint density at radius 2 is 1.82 bits per heavy atom. The zero-order valence-electron chi connectivity index (χ0n) is 19.7. The molecule has 13 nitrogen and oxygen atoms in total. The number of benzene rings is 1. The molecule has 0 aliphatic heterocycles. The highest BCUT2D eigenvalue weighted by Crippen LogP contribution is 2.08. The largest absolute Gasteiger partial charge is 0.459 e. The van der Waals surface area contributed by atoms with Gasteiger partial charge in [-0.15, -0.1) is 0 Å². The standard InChI is InChI=1S/C21H32N6O7/c1-14(18(29)33-13-15-9-6-5-7-10-15)24-17(28)16(25-20(30)34-21(2,3)4)11-8-12-23-19(22)26-27(31)32/h5-7,9-10,14,16H,8,11-13H2,1-4H3,(H,24,28)(H,25,30)(H3,22,23,26)/t14-,16-/m0/s1. The average Bonchev–Trinajstić information content (AvgIpc) is 2.72. The second-order valence-electron chi connectivity index (χ2n) is 8.30. The van der Waals surface area contributed by atoms with Crippen LogP contribution in [-0.2, 0) is 25.7 Å². The van der Waals surface area contributed by atoms with Gasteiger partial charge < -0.3 is 25.8 Å². The maximum atomic E-state index is 12.8. The Bertz CT molecular complexity index is 870. The molecule has 5 N–H and O–H groups in total. The van der Waals surface area contributed by atoms with E-state index in [1.807, 2.05) is 18.2 Å². The van der Waals surface area contributed by atoms with Gasteiger partial charge in [-0.3, -0.25) is 4.79 Å². The molecule has 2 atom stereocenters. The third-order valence-corrected chi connectivity index (χ3v) is 4.08. The first kappa shape index (κ1) is 28.1. The van der Waals surface area contributed by atoms with E-state index in [9.17, 15) is 24.5 Å². The summed E-state index contributed by atoms with van der Waals surface area (Å²) in [5.74, 6) is -1.66. The molecule has 1 rings (SSSR count). The summed E-state index contributed by atoms with van der Waals surface area (Å²) < 4.78 is 10.4. The Hall–Kier alpha value is -3.90. The molecule has 0 aromatic heterocycles. The summed E-state index contributed by atoms with van der Waals surface area (Å²) in [5, 5.41) is 14.5. The molecule has 13 heteroatoms. The van der Waals surface area contributed by atoms with Crippen molar-refractivity contribution in [2.45, 2.75) is 64.8 Å². The number of nitrogens with one attached hydrogen (secondary N) is 3. The fourth-order valence-corrected chi connectivity index (χ4v) is 2.57. The minimum Gasteiger partial charge on any atom is -0.459 e. The van der Waals surface area contributed by atoms with E-state index in [0.717, 1.165) is 5.56 Å². The van der Waals surface area contributed by atoms with Gasteiger partial charge in [0.2, 0.25) is 5.91 Å². The van der Waals surface area contributed by atoms with E-state index >= 15 is 0 Å². The van der Waals surface area contributed by atoms with E-state index < -0.39 is 40.7 Å². The maximum absolute atomic E-state index is 12.8. The zero-order chi connectivity index (χ0) is 25.7. The van der Waals surface area contributed by atoms with Crippen LogP contribution in [0.4, 0.5) is 4.79 Å². The van der Waals surface area contributed by atoms with Gasteiger partial charge in [0.15, 0.2) is 5.03 Å². The number of carbonyl (C=O) groups is 3. The highest BCUT2D eigenvalue weighted by atomic mass is 16.7. The van der Waals surface area contributed by atoms with Gasteiger partial charge in [0.25, 0.3) is 5.96 Å². The van der Waals surface area contributed by atoms with Crippen molar-refractivity contribution in [3.63, 3.8) is 0 Å². The van der Waals surface area contributed by atoms with E-state index in [-0.39, 0.29) is 32.0 Å². The predicted molar refractivity (Wildman–Crippen MR) is 123 cm³/mol. The summed E-state index contributed by atoms with van der Waals surface area (Å²) >= 11 is 0. The number of carbonyl (C=O) groups excluding carboxylic acids is 3. The third kappa shape index (κ3) is 12.2. The van der Waals surface area contributed by atoms with Crippen molar-refractivity contribution in [3.05, 3.63) is 46.0 Å². The van der Waals surface area contributed by atoms with Crippen molar-refractivity contribution in [2.24, 2.45) is 10.7 Å². The van der Waals surface area contributed by atoms with Crippen LogP contribution in [0.3, 0.4) is 0 Å². The molecule has 1 aromatic carbocycles. The second-order valence-corrected chi connectivity index (χ2v) is 8.30. The number of nitro groups is 1. The molecule has 0 heterocycles. The molecule has 0 saturated heterocycles.